The topological polar surface area (TPSA) is 60.5 Å². The summed E-state index contributed by atoms with van der Waals surface area (Å²) in [6, 6.07) is 4.76. The van der Waals surface area contributed by atoms with Gasteiger partial charge in [0.25, 0.3) is 6.43 Å². The molecular weight excluding hydrogens is 315 g/mol. The van der Waals surface area contributed by atoms with Gasteiger partial charge in [0, 0.05) is 0 Å². The lowest BCUT2D eigenvalue weighted by atomic mass is 10.1. The van der Waals surface area contributed by atoms with Crippen molar-refractivity contribution in [2.24, 2.45) is 0 Å². The molecule has 0 N–H and O–H groups in total. The third kappa shape index (κ3) is 2.60. The number of aromatic nitrogens is 1. The molecule has 0 fully saturated rings. The maximum Gasteiger partial charge on any atom is 0.267 e. The summed E-state index contributed by atoms with van der Waals surface area (Å²) in [6.45, 7) is 0. The summed E-state index contributed by atoms with van der Waals surface area (Å²) in [4.78, 5) is 3.83. The fourth-order valence-electron chi connectivity index (χ4n) is 1.05. The molecule has 1 aromatic heterocycles. The summed E-state index contributed by atoms with van der Waals surface area (Å²) in [5, 5.41) is 17.1. The molecule has 0 saturated heterocycles. The average molecular weight is 319 g/mol. The van der Waals surface area contributed by atoms with Gasteiger partial charge in [-0.25, -0.2) is 13.8 Å². The monoisotopic (exact) mass is 319 g/mol. The van der Waals surface area contributed by atoms with E-state index in [0.29, 0.717) is 5.69 Å². The van der Waals surface area contributed by atoms with Crippen LogP contribution < -0.4 is 0 Å². The summed E-state index contributed by atoms with van der Waals surface area (Å²) in [7, 11) is 0. The molecule has 0 unspecified atom stereocenters. The van der Waals surface area contributed by atoms with Crippen LogP contribution in [0.4, 0.5) is 8.78 Å². The van der Waals surface area contributed by atoms with Crippen LogP contribution >= 0.6 is 22.6 Å². The molecular formula is C9H4F2IN3. The predicted molar refractivity (Wildman–Crippen MR) is 55.9 cm³/mol. The first kappa shape index (κ1) is 11.8. The van der Waals surface area contributed by atoms with Gasteiger partial charge in [-0.05, 0) is 28.7 Å². The summed E-state index contributed by atoms with van der Waals surface area (Å²) < 4.78 is 25.1. The van der Waals surface area contributed by atoms with E-state index in [0.717, 1.165) is 0 Å². The third-order valence-electron chi connectivity index (χ3n) is 1.66. The molecule has 0 aliphatic heterocycles. The molecule has 0 spiro atoms. The molecule has 0 radical (unpaired) electrons. The first-order valence-electron chi connectivity index (χ1n) is 3.84. The Hall–Kier alpha value is -1.28. The number of rotatable bonds is 2. The number of pyridine rings is 1. The highest BCUT2D eigenvalue weighted by atomic mass is 127. The second-order valence-electron chi connectivity index (χ2n) is 2.61. The highest BCUT2D eigenvalue weighted by molar-refractivity contribution is 14.1. The quantitative estimate of drug-likeness (QED) is 0.622. The molecule has 0 aliphatic carbocycles. The molecule has 0 amide bonds. The largest absolute Gasteiger partial charge is 0.267 e. The SMILES string of the molecule is N#CCc1cc(C#N)c(C(F)F)c(I)n1. The highest BCUT2D eigenvalue weighted by Crippen LogP contribution is 2.27. The summed E-state index contributed by atoms with van der Waals surface area (Å²) in [6.07, 6.45) is -2.72. The molecule has 0 atom stereocenters. The normalized spacial score (nSPS) is 9.73. The number of hydrogen-bond acceptors (Lipinski definition) is 3. The lowest BCUT2D eigenvalue weighted by Crippen LogP contribution is -2.01. The van der Waals surface area contributed by atoms with Crippen LogP contribution in [0.2, 0.25) is 0 Å². The standard InChI is InChI=1S/C9H4F2IN3/c10-8(11)7-5(4-14)3-6(1-2-13)15-9(7)12/h3,8H,1H2. The van der Waals surface area contributed by atoms with Crippen LogP contribution in [0.1, 0.15) is 23.2 Å². The highest BCUT2D eigenvalue weighted by Gasteiger charge is 2.19. The van der Waals surface area contributed by atoms with Gasteiger partial charge in [-0.2, -0.15) is 10.5 Å². The van der Waals surface area contributed by atoms with Gasteiger partial charge < -0.3 is 0 Å². The second kappa shape index (κ2) is 4.99. The van der Waals surface area contributed by atoms with Crippen LogP contribution in [0.5, 0.6) is 0 Å². The van der Waals surface area contributed by atoms with E-state index in [1.165, 1.54) is 6.07 Å². The van der Waals surface area contributed by atoms with Crippen molar-refractivity contribution in [3.8, 4) is 12.1 Å². The molecule has 1 rings (SSSR count). The second-order valence-corrected chi connectivity index (χ2v) is 3.63. The molecule has 1 aromatic rings. The van der Waals surface area contributed by atoms with Gasteiger partial charge in [-0.15, -0.1) is 0 Å². The van der Waals surface area contributed by atoms with E-state index in [1.54, 1.807) is 28.7 Å². The first-order valence-corrected chi connectivity index (χ1v) is 4.92. The molecule has 0 aliphatic rings. The minimum Gasteiger partial charge on any atom is -0.245 e. The predicted octanol–water partition coefficient (Wildman–Crippen LogP) is 2.56. The van der Waals surface area contributed by atoms with E-state index in [4.69, 9.17) is 10.5 Å². The zero-order chi connectivity index (χ0) is 11.4. The average Bonchev–Trinajstić information content (AvgIpc) is 2.16. The van der Waals surface area contributed by atoms with Gasteiger partial charge >= 0.3 is 0 Å². The number of halogens is 3. The van der Waals surface area contributed by atoms with E-state index in [1.807, 2.05) is 6.07 Å². The Morgan fingerprint density at radius 3 is 2.60 bits per heavy atom. The summed E-state index contributed by atoms with van der Waals surface area (Å²) >= 11 is 1.64. The maximum atomic E-state index is 12.5. The molecule has 76 valence electrons. The van der Waals surface area contributed by atoms with Crippen molar-refractivity contribution in [2.45, 2.75) is 12.8 Å². The molecule has 3 nitrogen and oxygen atoms in total. The van der Waals surface area contributed by atoms with Crippen LogP contribution in [-0.2, 0) is 6.42 Å². The van der Waals surface area contributed by atoms with Crippen molar-refractivity contribution in [1.29, 1.82) is 10.5 Å². The van der Waals surface area contributed by atoms with E-state index in [9.17, 15) is 8.78 Å². The summed E-state index contributed by atoms with van der Waals surface area (Å²) in [5.41, 5.74) is -0.141. The Bertz CT molecular complexity index is 460. The number of nitrogens with zero attached hydrogens (tertiary/aromatic N) is 3. The van der Waals surface area contributed by atoms with E-state index in [2.05, 4.69) is 4.98 Å². The van der Waals surface area contributed by atoms with Crippen molar-refractivity contribution in [3.05, 3.63) is 26.6 Å². The number of hydrogen-bond donors (Lipinski definition) is 0. The summed E-state index contributed by atoms with van der Waals surface area (Å²) in [5.74, 6) is 0. The first-order chi connectivity index (χ1) is 7.10. The molecule has 0 aromatic carbocycles. The Kier molecular flexibility index (Phi) is 3.92. The molecule has 0 bridgehead atoms. The fraction of sp³-hybridized carbons (Fsp3) is 0.222. The smallest absolute Gasteiger partial charge is 0.245 e. The maximum absolute atomic E-state index is 12.5. The van der Waals surface area contributed by atoms with Gasteiger partial charge in [0.1, 0.15) is 3.70 Å². The van der Waals surface area contributed by atoms with Gasteiger partial charge in [0.2, 0.25) is 0 Å². The van der Waals surface area contributed by atoms with Crippen LogP contribution in [0, 0.1) is 26.4 Å². The van der Waals surface area contributed by atoms with E-state index < -0.39 is 6.43 Å². The van der Waals surface area contributed by atoms with Crippen molar-refractivity contribution in [1.82, 2.24) is 4.98 Å². The van der Waals surface area contributed by atoms with Crippen LogP contribution in [-0.4, -0.2) is 4.98 Å². The van der Waals surface area contributed by atoms with Crippen molar-refractivity contribution in [2.75, 3.05) is 0 Å². The van der Waals surface area contributed by atoms with E-state index in [-0.39, 0.29) is 21.2 Å². The lowest BCUT2D eigenvalue weighted by molar-refractivity contribution is 0.149. The van der Waals surface area contributed by atoms with Gasteiger partial charge in [0.15, 0.2) is 0 Å². The minimum atomic E-state index is -2.73. The number of alkyl halides is 2. The molecule has 6 heteroatoms. The number of nitriles is 2. The third-order valence-corrected chi connectivity index (χ3v) is 2.49. The van der Waals surface area contributed by atoms with Crippen LogP contribution in [0.15, 0.2) is 6.07 Å². The fourth-order valence-corrected chi connectivity index (χ4v) is 1.88. The van der Waals surface area contributed by atoms with Gasteiger partial charge in [-0.1, -0.05) is 0 Å². The van der Waals surface area contributed by atoms with Crippen molar-refractivity contribution >= 4 is 22.6 Å². The lowest BCUT2D eigenvalue weighted by Gasteiger charge is -2.06. The molecule has 0 saturated carbocycles. The van der Waals surface area contributed by atoms with E-state index >= 15 is 0 Å². The van der Waals surface area contributed by atoms with Crippen LogP contribution in [0.3, 0.4) is 0 Å². The van der Waals surface area contributed by atoms with Crippen molar-refractivity contribution in [3.63, 3.8) is 0 Å². The Morgan fingerprint density at radius 1 is 1.47 bits per heavy atom. The Morgan fingerprint density at radius 2 is 2.13 bits per heavy atom. The van der Waals surface area contributed by atoms with Gasteiger partial charge in [0.05, 0.1) is 35.4 Å². The van der Waals surface area contributed by atoms with Gasteiger partial charge in [-0.3, -0.25) is 0 Å². The van der Waals surface area contributed by atoms with Crippen molar-refractivity contribution < 1.29 is 8.78 Å². The zero-order valence-electron chi connectivity index (χ0n) is 7.34. The minimum absolute atomic E-state index is 0.00813. The Balaban J connectivity index is 3.34. The van der Waals surface area contributed by atoms with Crippen LogP contribution in [0.25, 0.3) is 0 Å². The zero-order valence-corrected chi connectivity index (χ0v) is 9.49. The Labute approximate surface area is 98.5 Å². The molecule has 15 heavy (non-hydrogen) atoms. The molecule has 1 heterocycles.